The van der Waals surface area contributed by atoms with Crippen LogP contribution in [-0.4, -0.2) is 35.3 Å². The van der Waals surface area contributed by atoms with Gasteiger partial charge < -0.3 is 11.5 Å². The molecule has 20 heavy (non-hydrogen) atoms. The fourth-order valence-electron chi connectivity index (χ4n) is 2.42. The van der Waals surface area contributed by atoms with Gasteiger partial charge in [0.1, 0.15) is 18.2 Å². The van der Waals surface area contributed by atoms with E-state index in [9.17, 15) is 0 Å². The van der Waals surface area contributed by atoms with E-state index >= 15 is 0 Å². The van der Waals surface area contributed by atoms with Crippen molar-refractivity contribution in [1.29, 1.82) is 0 Å². The molecule has 0 saturated heterocycles. The standard InChI is InChI=1S/C14H18N6/c15-6-1-9-19-10-18-14(16)13-3-2-12(20(13)19)11-4-7-17-8-5-11/h2-5,7-8H,1,6,9-10,15H2,(H2,16,18). The second-order valence-corrected chi connectivity index (χ2v) is 4.71. The maximum atomic E-state index is 5.99. The molecule has 1 aliphatic rings. The van der Waals surface area contributed by atoms with Gasteiger partial charge in [0.15, 0.2) is 0 Å². The Labute approximate surface area is 117 Å². The van der Waals surface area contributed by atoms with Crippen molar-refractivity contribution in [2.45, 2.75) is 6.42 Å². The van der Waals surface area contributed by atoms with Crippen LogP contribution in [-0.2, 0) is 0 Å². The molecule has 0 saturated carbocycles. The van der Waals surface area contributed by atoms with Crippen LogP contribution >= 0.6 is 0 Å². The molecule has 0 unspecified atom stereocenters. The van der Waals surface area contributed by atoms with Gasteiger partial charge in [-0.25, -0.2) is 4.99 Å². The fourth-order valence-corrected chi connectivity index (χ4v) is 2.42. The Hall–Kier alpha value is -2.34. The Bertz CT molecular complexity index is 616. The fraction of sp³-hybridized carbons (Fsp3) is 0.286. The van der Waals surface area contributed by atoms with Gasteiger partial charge in [0, 0.05) is 24.5 Å². The van der Waals surface area contributed by atoms with E-state index in [0.717, 1.165) is 29.9 Å². The predicted molar refractivity (Wildman–Crippen MR) is 80.0 cm³/mol. The topological polar surface area (TPSA) is 85.5 Å². The zero-order valence-electron chi connectivity index (χ0n) is 11.2. The van der Waals surface area contributed by atoms with Crippen LogP contribution in [0.15, 0.2) is 41.7 Å². The predicted octanol–water partition coefficient (Wildman–Crippen LogP) is 0.513. The number of pyridine rings is 1. The highest BCUT2D eigenvalue weighted by molar-refractivity contribution is 5.97. The van der Waals surface area contributed by atoms with E-state index in [1.807, 2.05) is 18.2 Å². The third-order valence-corrected chi connectivity index (χ3v) is 3.40. The van der Waals surface area contributed by atoms with Crippen LogP contribution in [0.3, 0.4) is 0 Å². The van der Waals surface area contributed by atoms with Crippen LogP contribution in [0.4, 0.5) is 0 Å². The molecule has 0 bridgehead atoms. The van der Waals surface area contributed by atoms with Crippen LogP contribution in [0.25, 0.3) is 11.3 Å². The van der Waals surface area contributed by atoms with Crippen molar-refractivity contribution in [3.63, 3.8) is 0 Å². The van der Waals surface area contributed by atoms with E-state index in [1.165, 1.54) is 0 Å². The molecule has 0 spiro atoms. The summed E-state index contributed by atoms with van der Waals surface area (Å²) in [5.74, 6) is 0.578. The van der Waals surface area contributed by atoms with Crippen LogP contribution in [0.2, 0.25) is 0 Å². The summed E-state index contributed by atoms with van der Waals surface area (Å²) in [4.78, 5) is 8.42. The van der Waals surface area contributed by atoms with Crippen molar-refractivity contribution in [3.8, 4) is 11.3 Å². The number of hydrogen-bond donors (Lipinski definition) is 2. The SMILES string of the molecule is NCCCN1CN=C(N)c2ccc(-c3ccncc3)n21. The number of rotatable bonds is 4. The number of aromatic nitrogens is 2. The maximum absolute atomic E-state index is 5.99. The lowest BCUT2D eigenvalue weighted by Gasteiger charge is -2.31. The second kappa shape index (κ2) is 5.34. The molecule has 0 aromatic carbocycles. The first-order valence-corrected chi connectivity index (χ1v) is 6.69. The van der Waals surface area contributed by atoms with Gasteiger partial charge in [-0.2, -0.15) is 0 Å². The number of fused-ring (bicyclic) bond motifs is 1. The van der Waals surface area contributed by atoms with E-state index in [-0.39, 0.29) is 0 Å². The zero-order chi connectivity index (χ0) is 13.9. The Morgan fingerprint density at radius 3 is 2.60 bits per heavy atom. The monoisotopic (exact) mass is 270 g/mol. The number of aliphatic imine (C=N–C) groups is 1. The summed E-state index contributed by atoms with van der Waals surface area (Å²) in [6.45, 7) is 2.08. The average Bonchev–Trinajstić information content (AvgIpc) is 2.93. The number of amidine groups is 1. The van der Waals surface area contributed by atoms with Crippen molar-refractivity contribution in [3.05, 3.63) is 42.4 Å². The molecule has 0 amide bonds. The second-order valence-electron chi connectivity index (χ2n) is 4.71. The lowest BCUT2D eigenvalue weighted by molar-refractivity contribution is 0.568. The van der Waals surface area contributed by atoms with E-state index in [1.54, 1.807) is 12.4 Å². The normalized spacial score (nSPS) is 14.1. The van der Waals surface area contributed by atoms with Crippen LogP contribution < -0.4 is 16.5 Å². The van der Waals surface area contributed by atoms with Gasteiger partial charge in [0.2, 0.25) is 0 Å². The summed E-state index contributed by atoms with van der Waals surface area (Å²) in [6.07, 6.45) is 4.50. The van der Waals surface area contributed by atoms with Gasteiger partial charge in [0.25, 0.3) is 0 Å². The van der Waals surface area contributed by atoms with Crippen LogP contribution in [0.5, 0.6) is 0 Å². The molecule has 3 rings (SSSR count). The summed E-state index contributed by atoms with van der Waals surface area (Å²) >= 11 is 0. The van der Waals surface area contributed by atoms with E-state index in [0.29, 0.717) is 19.0 Å². The molecule has 2 aromatic rings. The van der Waals surface area contributed by atoms with Gasteiger partial charge in [-0.05, 0) is 37.2 Å². The molecule has 0 atom stereocenters. The summed E-state index contributed by atoms with van der Waals surface area (Å²) in [6, 6.07) is 8.05. The first-order valence-electron chi connectivity index (χ1n) is 6.69. The molecule has 0 radical (unpaired) electrons. The quantitative estimate of drug-likeness (QED) is 0.848. The van der Waals surface area contributed by atoms with Crippen molar-refractivity contribution in [2.75, 3.05) is 24.8 Å². The molecular formula is C14H18N6. The minimum absolute atomic E-state index is 0.561. The Morgan fingerprint density at radius 1 is 1.10 bits per heavy atom. The third kappa shape index (κ3) is 2.14. The van der Waals surface area contributed by atoms with Crippen LogP contribution in [0.1, 0.15) is 12.1 Å². The summed E-state index contributed by atoms with van der Waals surface area (Å²) in [5.41, 5.74) is 14.7. The number of nitrogens with two attached hydrogens (primary N) is 2. The lowest BCUT2D eigenvalue weighted by atomic mass is 10.2. The smallest absolute Gasteiger partial charge is 0.146 e. The summed E-state index contributed by atoms with van der Waals surface area (Å²) in [5, 5.41) is 2.16. The van der Waals surface area contributed by atoms with Crippen molar-refractivity contribution in [1.82, 2.24) is 9.66 Å². The van der Waals surface area contributed by atoms with E-state index in [4.69, 9.17) is 11.5 Å². The highest BCUT2D eigenvalue weighted by Crippen LogP contribution is 2.24. The van der Waals surface area contributed by atoms with Crippen molar-refractivity contribution < 1.29 is 0 Å². The molecule has 6 heteroatoms. The zero-order valence-corrected chi connectivity index (χ0v) is 11.2. The Kier molecular flexibility index (Phi) is 3.39. The van der Waals surface area contributed by atoms with E-state index < -0.39 is 0 Å². The molecule has 6 nitrogen and oxygen atoms in total. The van der Waals surface area contributed by atoms with Gasteiger partial charge in [-0.15, -0.1) is 0 Å². The number of hydrogen-bond acceptors (Lipinski definition) is 5. The molecule has 1 aliphatic heterocycles. The third-order valence-electron chi connectivity index (χ3n) is 3.40. The van der Waals surface area contributed by atoms with Gasteiger partial charge in [0.05, 0.1) is 5.69 Å². The molecular weight excluding hydrogens is 252 g/mol. The number of nitrogens with zero attached hydrogens (tertiary/aromatic N) is 4. The van der Waals surface area contributed by atoms with E-state index in [2.05, 4.69) is 25.7 Å². The van der Waals surface area contributed by atoms with Gasteiger partial charge >= 0.3 is 0 Å². The van der Waals surface area contributed by atoms with Gasteiger partial charge in [-0.1, -0.05) is 0 Å². The minimum Gasteiger partial charge on any atom is -0.382 e. The minimum atomic E-state index is 0.561. The Morgan fingerprint density at radius 2 is 1.85 bits per heavy atom. The first-order chi connectivity index (χ1) is 9.81. The first kappa shape index (κ1) is 12.7. The van der Waals surface area contributed by atoms with Crippen molar-refractivity contribution >= 4 is 5.84 Å². The lowest BCUT2D eigenvalue weighted by Crippen LogP contribution is -2.43. The largest absolute Gasteiger partial charge is 0.382 e. The summed E-state index contributed by atoms with van der Waals surface area (Å²) in [7, 11) is 0. The molecule has 4 N–H and O–H groups in total. The highest BCUT2D eigenvalue weighted by atomic mass is 15.6. The molecule has 104 valence electrons. The molecule has 2 aromatic heterocycles. The van der Waals surface area contributed by atoms with Crippen LogP contribution in [0, 0.1) is 0 Å². The maximum Gasteiger partial charge on any atom is 0.146 e. The molecule has 3 heterocycles. The highest BCUT2D eigenvalue weighted by Gasteiger charge is 2.21. The average molecular weight is 270 g/mol. The molecule has 0 aliphatic carbocycles. The summed E-state index contributed by atoms with van der Waals surface area (Å²) < 4.78 is 2.13. The van der Waals surface area contributed by atoms with Crippen molar-refractivity contribution in [2.24, 2.45) is 16.5 Å². The Balaban J connectivity index is 2.04. The van der Waals surface area contributed by atoms with Gasteiger partial charge in [-0.3, -0.25) is 14.7 Å². The molecule has 0 fully saturated rings.